The van der Waals surface area contributed by atoms with E-state index in [0.29, 0.717) is 11.4 Å². The number of amides is 2. The highest BCUT2D eigenvalue weighted by molar-refractivity contribution is 6.06. The van der Waals surface area contributed by atoms with Gasteiger partial charge in [0, 0.05) is 18.3 Å². The number of hydrogen-bond donors (Lipinski definition) is 3. The van der Waals surface area contributed by atoms with Crippen molar-refractivity contribution in [1.82, 2.24) is 0 Å². The summed E-state index contributed by atoms with van der Waals surface area (Å²) in [5.41, 5.74) is 2.32. The van der Waals surface area contributed by atoms with Gasteiger partial charge in [-0.05, 0) is 48.9 Å². The lowest BCUT2D eigenvalue weighted by Gasteiger charge is -2.08. The average Bonchev–Trinajstić information content (AvgIpc) is 2.40. The first kappa shape index (κ1) is 14.6. The number of carbonyl (C=O) groups is 2. The Hall–Kier alpha value is -2.82. The van der Waals surface area contributed by atoms with Crippen LogP contribution in [0, 0.1) is 6.92 Å². The topological polar surface area (TPSA) is 78.4 Å². The molecule has 0 aliphatic rings. The number of aryl methyl sites for hydroxylation is 1. The van der Waals surface area contributed by atoms with Crippen LogP contribution in [-0.2, 0) is 4.79 Å². The monoisotopic (exact) mass is 284 g/mol. The third-order valence-electron chi connectivity index (χ3n) is 2.86. The van der Waals surface area contributed by atoms with Gasteiger partial charge in [-0.1, -0.05) is 6.07 Å². The van der Waals surface area contributed by atoms with E-state index in [-0.39, 0.29) is 23.1 Å². The molecule has 0 bridgehead atoms. The van der Waals surface area contributed by atoms with Crippen molar-refractivity contribution in [2.24, 2.45) is 0 Å². The minimum absolute atomic E-state index is 0.0534. The number of benzene rings is 2. The van der Waals surface area contributed by atoms with Crippen molar-refractivity contribution in [2.45, 2.75) is 13.8 Å². The van der Waals surface area contributed by atoms with Gasteiger partial charge in [0.15, 0.2) is 0 Å². The van der Waals surface area contributed by atoms with Gasteiger partial charge < -0.3 is 15.7 Å². The van der Waals surface area contributed by atoms with E-state index in [0.717, 1.165) is 5.56 Å². The third kappa shape index (κ3) is 3.82. The van der Waals surface area contributed by atoms with Crippen molar-refractivity contribution in [3.8, 4) is 5.75 Å². The maximum atomic E-state index is 12.1. The Balaban J connectivity index is 2.10. The number of aromatic hydroxyl groups is 1. The second-order valence-electron chi connectivity index (χ2n) is 4.73. The van der Waals surface area contributed by atoms with Gasteiger partial charge in [-0.15, -0.1) is 0 Å². The molecule has 0 radical (unpaired) electrons. The number of phenolic OH excluding ortho intramolecular Hbond substituents is 1. The Kier molecular flexibility index (Phi) is 4.23. The second kappa shape index (κ2) is 6.09. The van der Waals surface area contributed by atoms with Gasteiger partial charge in [-0.2, -0.15) is 0 Å². The van der Waals surface area contributed by atoms with Gasteiger partial charge in [0.05, 0.1) is 5.56 Å². The molecule has 108 valence electrons. The predicted molar refractivity (Wildman–Crippen MR) is 81.5 cm³/mol. The van der Waals surface area contributed by atoms with Crippen molar-refractivity contribution in [2.75, 3.05) is 10.6 Å². The normalized spacial score (nSPS) is 10.0. The zero-order chi connectivity index (χ0) is 15.4. The fourth-order valence-electron chi connectivity index (χ4n) is 1.87. The second-order valence-corrected chi connectivity index (χ2v) is 4.73. The van der Waals surface area contributed by atoms with Gasteiger partial charge in [0.25, 0.3) is 5.91 Å². The molecule has 0 fully saturated rings. The van der Waals surface area contributed by atoms with Crippen LogP contribution in [0.25, 0.3) is 0 Å². The molecule has 3 N–H and O–H groups in total. The average molecular weight is 284 g/mol. The zero-order valence-corrected chi connectivity index (χ0v) is 11.8. The fourth-order valence-corrected chi connectivity index (χ4v) is 1.87. The van der Waals surface area contributed by atoms with Crippen molar-refractivity contribution >= 4 is 23.2 Å². The number of phenols is 1. The molecule has 0 atom stereocenters. The molecule has 2 aromatic carbocycles. The van der Waals surface area contributed by atoms with E-state index in [2.05, 4.69) is 10.6 Å². The predicted octanol–water partition coefficient (Wildman–Crippen LogP) is 2.91. The lowest BCUT2D eigenvalue weighted by atomic mass is 10.1. The highest BCUT2D eigenvalue weighted by Crippen LogP contribution is 2.20. The molecular weight excluding hydrogens is 268 g/mol. The number of anilines is 2. The number of rotatable bonds is 3. The molecule has 0 saturated heterocycles. The van der Waals surface area contributed by atoms with Crippen molar-refractivity contribution in [1.29, 1.82) is 0 Å². The van der Waals surface area contributed by atoms with Crippen LogP contribution in [-0.4, -0.2) is 16.9 Å². The number of carbonyl (C=O) groups excluding carboxylic acids is 2. The summed E-state index contributed by atoms with van der Waals surface area (Å²) in [6.45, 7) is 3.26. The van der Waals surface area contributed by atoms with Crippen molar-refractivity contribution in [3.05, 3.63) is 53.6 Å². The molecule has 0 aromatic heterocycles. The lowest BCUT2D eigenvalue weighted by Crippen LogP contribution is -2.12. The van der Waals surface area contributed by atoms with E-state index in [4.69, 9.17) is 0 Å². The van der Waals surface area contributed by atoms with Crippen LogP contribution >= 0.6 is 0 Å². The van der Waals surface area contributed by atoms with Crippen LogP contribution in [0.2, 0.25) is 0 Å². The van der Waals surface area contributed by atoms with Crippen LogP contribution in [0.4, 0.5) is 11.4 Å². The minimum atomic E-state index is -0.389. The standard InChI is InChI=1S/C16H16N2O3/c1-10-3-8-14(15(20)9-10)16(21)18-13-6-4-12(5-7-13)17-11(2)19/h3-9,20H,1-2H3,(H,17,19)(H,18,21). The van der Waals surface area contributed by atoms with E-state index < -0.39 is 0 Å². The molecule has 0 spiro atoms. The van der Waals surface area contributed by atoms with E-state index in [1.54, 1.807) is 36.4 Å². The van der Waals surface area contributed by atoms with Crippen LogP contribution in [0.15, 0.2) is 42.5 Å². The molecule has 0 unspecified atom stereocenters. The Labute approximate surface area is 122 Å². The Morgan fingerprint density at radius 1 is 0.952 bits per heavy atom. The van der Waals surface area contributed by atoms with E-state index in [1.807, 2.05) is 6.92 Å². The summed E-state index contributed by atoms with van der Waals surface area (Å²) in [6, 6.07) is 11.6. The smallest absolute Gasteiger partial charge is 0.259 e. The van der Waals surface area contributed by atoms with Gasteiger partial charge in [-0.3, -0.25) is 9.59 Å². The maximum absolute atomic E-state index is 12.1. The lowest BCUT2D eigenvalue weighted by molar-refractivity contribution is -0.114. The first-order valence-corrected chi connectivity index (χ1v) is 6.44. The molecule has 2 aromatic rings. The largest absolute Gasteiger partial charge is 0.507 e. The molecular formula is C16H16N2O3. The summed E-state index contributed by atoms with van der Waals surface area (Å²) in [5.74, 6) is -0.599. The molecule has 0 aliphatic heterocycles. The van der Waals surface area contributed by atoms with Crippen molar-refractivity contribution in [3.63, 3.8) is 0 Å². The maximum Gasteiger partial charge on any atom is 0.259 e. The summed E-state index contributed by atoms with van der Waals surface area (Å²) in [6.07, 6.45) is 0. The highest BCUT2D eigenvalue weighted by Gasteiger charge is 2.11. The highest BCUT2D eigenvalue weighted by atomic mass is 16.3. The molecule has 2 rings (SSSR count). The Morgan fingerprint density at radius 2 is 1.52 bits per heavy atom. The van der Waals surface area contributed by atoms with Gasteiger partial charge >= 0.3 is 0 Å². The summed E-state index contributed by atoms with van der Waals surface area (Å²) in [5, 5.41) is 15.1. The summed E-state index contributed by atoms with van der Waals surface area (Å²) >= 11 is 0. The first-order chi connectivity index (χ1) is 9.95. The Morgan fingerprint density at radius 3 is 2.05 bits per heavy atom. The summed E-state index contributed by atoms with van der Waals surface area (Å²) in [7, 11) is 0. The molecule has 0 heterocycles. The molecule has 0 aliphatic carbocycles. The van der Waals surface area contributed by atoms with Crippen LogP contribution in [0.1, 0.15) is 22.8 Å². The van der Waals surface area contributed by atoms with Crippen molar-refractivity contribution < 1.29 is 14.7 Å². The van der Waals surface area contributed by atoms with E-state index in [1.165, 1.54) is 13.0 Å². The first-order valence-electron chi connectivity index (χ1n) is 6.44. The minimum Gasteiger partial charge on any atom is -0.507 e. The molecule has 5 nitrogen and oxygen atoms in total. The molecule has 2 amide bonds. The molecule has 0 saturated carbocycles. The Bertz CT molecular complexity index is 678. The van der Waals surface area contributed by atoms with E-state index >= 15 is 0 Å². The van der Waals surface area contributed by atoms with Crippen LogP contribution in [0.3, 0.4) is 0 Å². The zero-order valence-electron chi connectivity index (χ0n) is 11.8. The van der Waals surface area contributed by atoms with Gasteiger partial charge in [0.2, 0.25) is 5.91 Å². The molecule has 21 heavy (non-hydrogen) atoms. The van der Waals surface area contributed by atoms with Gasteiger partial charge in [-0.25, -0.2) is 0 Å². The number of hydrogen-bond acceptors (Lipinski definition) is 3. The molecule has 5 heteroatoms. The van der Waals surface area contributed by atoms with Crippen LogP contribution < -0.4 is 10.6 Å². The fraction of sp³-hybridized carbons (Fsp3) is 0.125. The van der Waals surface area contributed by atoms with Crippen LogP contribution in [0.5, 0.6) is 5.75 Å². The summed E-state index contributed by atoms with van der Waals surface area (Å²) < 4.78 is 0. The summed E-state index contributed by atoms with van der Waals surface area (Å²) in [4.78, 5) is 23.0. The third-order valence-corrected chi connectivity index (χ3v) is 2.86. The van der Waals surface area contributed by atoms with Gasteiger partial charge in [0.1, 0.15) is 5.75 Å². The SMILES string of the molecule is CC(=O)Nc1ccc(NC(=O)c2ccc(C)cc2O)cc1. The van der Waals surface area contributed by atoms with E-state index in [9.17, 15) is 14.7 Å². The number of nitrogens with one attached hydrogen (secondary N) is 2. The quantitative estimate of drug-likeness (QED) is 0.811.